The number of allylic oxidation sites excluding steroid dienone is 1. The third kappa shape index (κ3) is 3.43. The molecular weight excluding hydrogens is 224 g/mol. The highest BCUT2D eigenvalue weighted by atomic mass is 35.5. The van der Waals surface area contributed by atoms with Crippen molar-refractivity contribution in [3.05, 3.63) is 58.8 Å². The van der Waals surface area contributed by atoms with Crippen LogP contribution >= 0.6 is 11.6 Å². The van der Waals surface area contributed by atoms with Crippen molar-refractivity contribution in [3.8, 4) is 0 Å². The number of carboxylic acids is 1. The number of carbonyl (C=O) groups is 1. The zero-order valence-electron chi connectivity index (χ0n) is 8.61. The van der Waals surface area contributed by atoms with Crippen molar-refractivity contribution in [2.75, 3.05) is 0 Å². The first-order valence-corrected chi connectivity index (χ1v) is 5.07. The van der Waals surface area contributed by atoms with Gasteiger partial charge in [0, 0.05) is 17.0 Å². The minimum Gasteiger partial charge on any atom is -0.477 e. The highest BCUT2D eigenvalue weighted by molar-refractivity contribution is 6.32. The van der Waals surface area contributed by atoms with E-state index in [2.05, 4.69) is 12.3 Å². The zero-order chi connectivity index (χ0) is 12.0. The van der Waals surface area contributed by atoms with E-state index in [0.29, 0.717) is 5.02 Å². The standard InChI is InChI=1S/C13H11ClO2/c1-2-5-11(13(15)16)9-8-10-6-3-4-7-12(10)14/h2-4,6-8H,1,5H2,(H,15,16). The molecule has 1 aromatic rings. The predicted octanol–water partition coefficient (Wildman–Crippen LogP) is 3.54. The van der Waals surface area contributed by atoms with Crippen molar-refractivity contribution in [2.24, 2.45) is 0 Å². The molecule has 1 N–H and O–H groups in total. The first-order valence-electron chi connectivity index (χ1n) is 4.69. The Balaban J connectivity index is 3.09. The fourth-order valence-corrected chi connectivity index (χ4v) is 1.30. The Hall–Kier alpha value is -1.76. The van der Waals surface area contributed by atoms with Crippen LogP contribution in [0.4, 0.5) is 0 Å². The summed E-state index contributed by atoms with van der Waals surface area (Å²) in [5.74, 6) is -0.997. The third-order valence-electron chi connectivity index (χ3n) is 1.91. The van der Waals surface area contributed by atoms with Crippen LogP contribution in [0.25, 0.3) is 6.08 Å². The smallest absolute Gasteiger partial charge is 0.339 e. The van der Waals surface area contributed by atoms with Crippen LogP contribution in [-0.2, 0) is 4.79 Å². The second-order valence-electron chi connectivity index (χ2n) is 3.09. The molecule has 1 aromatic carbocycles. The first kappa shape index (κ1) is 12.3. The van der Waals surface area contributed by atoms with Crippen LogP contribution in [0.5, 0.6) is 0 Å². The molecule has 0 aliphatic carbocycles. The number of aliphatic carboxylic acids is 1. The summed E-state index contributed by atoms with van der Waals surface area (Å²) in [7, 11) is 0. The second-order valence-corrected chi connectivity index (χ2v) is 3.49. The van der Waals surface area contributed by atoms with Gasteiger partial charge in [0.2, 0.25) is 0 Å². The van der Waals surface area contributed by atoms with E-state index >= 15 is 0 Å². The molecule has 3 heteroatoms. The molecular formula is C13H11ClO2. The lowest BCUT2D eigenvalue weighted by Gasteiger charge is -1.95. The largest absolute Gasteiger partial charge is 0.477 e. The van der Waals surface area contributed by atoms with Crippen molar-refractivity contribution in [3.63, 3.8) is 0 Å². The minimum atomic E-state index is -0.997. The van der Waals surface area contributed by atoms with E-state index < -0.39 is 5.97 Å². The van der Waals surface area contributed by atoms with Crippen LogP contribution < -0.4 is 0 Å². The maximum absolute atomic E-state index is 10.8. The van der Waals surface area contributed by atoms with Crippen LogP contribution in [0.1, 0.15) is 12.0 Å². The van der Waals surface area contributed by atoms with Gasteiger partial charge >= 0.3 is 5.97 Å². The van der Waals surface area contributed by atoms with E-state index in [1.165, 1.54) is 6.08 Å². The highest BCUT2D eigenvalue weighted by Crippen LogP contribution is 2.16. The second kappa shape index (κ2) is 5.96. The van der Waals surface area contributed by atoms with Gasteiger partial charge in [0.05, 0.1) is 5.57 Å². The fourth-order valence-electron chi connectivity index (χ4n) is 1.11. The molecule has 1 rings (SSSR count). The Morgan fingerprint density at radius 2 is 2.19 bits per heavy atom. The van der Waals surface area contributed by atoms with Crippen LogP contribution in [0.3, 0.4) is 0 Å². The molecule has 0 saturated carbocycles. The van der Waals surface area contributed by atoms with Crippen LogP contribution in [0.15, 0.2) is 48.2 Å². The minimum absolute atomic E-state index is 0.162. The van der Waals surface area contributed by atoms with Gasteiger partial charge in [-0.25, -0.2) is 4.79 Å². The molecule has 82 valence electrons. The number of hydrogen-bond acceptors (Lipinski definition) is 1. The molecule has 16 heavy (non-hydrogen) atoms. The molecule has 0 heterocycles. The average Bonchev–Trinajstić information content (AvgIpc) is 2.26. The summed E-state index contributed by atoms with van der Waals surface area (Å²) in [6, 6.07) is 7.17. The number of benzene rings is 1. The zero-order valence-corrected chi connectivity index (χ0v) is 9.37. The van der Waals surface area contributed by atoms with E-state index in [9.17, 15) is 4.79 Å². The lowest BCUT2D eigenvalue weighted by atomic mass is 10.1. The molecule has 0 fully saturated rings. The number of carboxylic acid groups (broad SMARTS) is 1. The Labute approximate surface area is 99.2 Å². The Bertz CT molecular complexity index is 469. The number of rotatable bonds is 4. The van der Waals surface area contributed by atoms with Crippen molar-refractivity contribution in [1.29, 1.82) is 0 Å². The normalized spacial score (nSPS) is 9.06. The predicted molar refractivity (Wildman–Crippen MR) is 65.4 cm³/mol. The molecule has 0 unspecified atom stereocenters. The lowest BCUT2D eigenvalue weighted by molar-refractivity contribution is -0.132. The fraction of sp³-hybridized carbons (Fsp3) is 0.0769. The summed E-state index contributed by atoms with van der Waals surface area (Å²) in [5.41, 5.74) is 3.62. The van der Waals surface area contributed by atoms with Gasteiger partial charge in [-0.05, 0) is 12.1 Å². The summed E-state index contributed by atoms with van der Waals surface area (Å²) in [6.45, 7) is 3.49. The summed E-state index contributed by atoms with van der Waals surface area (Å²) >= 11 is 5.92. The van der Waals surface area contributed by atoms with Gasteiger partial charge in [-0.15, -0.1) is 12.3 Å². The Morgan fingerprint density at radius 3 is 2.75 bits per heavy atom. The molecule has 0 aromatic heterocycles. The number of halogens is 1. The van der Waals surface area contributed by atoms with Gasteiger partial charge in [-0.3, -0.25) is 0 Å². The van der Waals surface area contributed by atoms with Crippen LogP contribution in [0, 0.1) is 0 Å². The van der Waals surface area contributed by atoms with E-state index in [0.717, 1.165) is 5.56 Å². The van der Waals surface area contributed by atoms with Crippen molar-refractivity contribution < 1.29 is 9.90 Å². The molecule has 0 amide bonds. The highest BCUT2D eigenvalue weighted by Gasteiger charge is 2.02. The average molecular weight is 235 g/mol. The van der Waals surface area contributed by atoms with Gasteiger partial charge in [0.1, 0.15) is 0 Å². The topological polar surface area (TPSA) is 37.3 Å². The van der Waals surface area contributed by atoms with Crippen LogP contribution in [-0.4, -0.2) is 11.1 Å². The monoisotopic (exact) mass is 234 g/mol. The van der Waals surface area contributed by atoms with E-state index in [1.54, 1.807) is 18.2 Å². The maximum Gasteiger partial charge on any atom is 0.339 e. The molecule has 0 aliphatic rings. The van der Waals surface area contributed by atoms with Crippen molar-refractivity contribution >= 4 is 23.6 Å². The Morgan fingerprint density at radius 1 is 1.50 bits per heavy atom. The summed E-state index contributed by atoms with van der Waals surface area (Å²) in [4.78, 5) is 10.8. The molecule has 2 nitrogen and oxygen atoms in total. The quantitative estimate of drug-likeness (QED) is 0.492. The van der Waals surface area contributed by atoms with E-state index in [1.807, 2.05) is 12.1 Å². The van der Waals surface area contributed by atoms with Crippen LogP contribution in [0.2, 0.25) is 5.02 Å². The maximum atomic E-state index is 10.8. The SMILES string of the molecule is C=CCC(=C=Cc1ccccc1Cl)C(=O)O. The van der Waals surface area contributed by atoms with Gasteiger partial charge in [0.15, 0.2) is 0 Å². The Kier molecular flexibility index (Phi) is 4.59. The van der Waals surface area contributed by atoms with Crippen molar-refractivity contribution in [2.45, 2.75) is 6.42 Å². The lowest BCUT2D eigenvalue weighted by Crippen LogP contribution is -1.97. The van der Waals surface area contributed by atoms with E-state index in [4.69, 9.17) is 16.7 Å². The molecule has 0 spiro atoms. The summed E-state index contributed by atoms with van der Waals surface area (Å²) < 4.78 is 0. The summed E-state index contributed by atoms with van der Waals surface area (Å²) in [5, 5.41) is 9.42. The van der Waals surface area contributed by atoms with E-state index in [-0.39, 0.29) is 12.0 Å². The molecule has 0 atom stereocenters. The van der Waals surface area contributed by atoms with Gasteiger partial charge in [0.25, 0.3) is 0 Å². The molecule has 0 saturated heterocycles. The van der Waals surface area contributed by atoms with Crippen molar-refractivity contribution in [1.82, 2.24) is 0 Å². The first-order chi connectivity index (χ1) is 7.65. The summed E-state index contributed by atoms with van der Waals surface area (Å²) in [6.07, 6.45) is 3.36. The van der Waals surface area contributed by atoms with Gasteiger partial charge in [-0.2, -0.15) is 0 Å². The van der Waals surface area contributed by atoms with Gasteiger partial charge < -0.3 is 5.11 Å². The molecule has 0 radical (unpaired) electrons. The molecule has 0 aliphatic heterocycles. The number of hydrogen-bond donors (Lipinski definition) is 1. The molecule has 0 bridgehead atoms. The van der Waals surface area contributed by atoms with Gasteiger partial charge in [-0.1, -0.05) is 35.9 Å². The third-order valence-corrected chi connectivity index (χ3v) is 2.26.